The summed E-state index contributed by atoms with van der Waals surface area (Å²) in [5.74, 6) is 0.138. The number of methoxy groups -OCH3 is 1. The van der Waals surface area contributed by atoms with E-state index >= 15 is 0 Å². The molecule has 26 heavy (non-hydrogen) atoms. The number of carbonyl (C=O) groups is 1. The summed E-state index contributed by atoms with van der Waals surface area (Å²) in [4.78, 5) is 17.0. The normalized spacial score (nSPS) is 16.6. The molecule has 3 rings (SSSR count). The van der Waals surface area contributed by atoms with E-state index in [-0.39, 0.29) is 0 Å². The molecule has 2 aromatic carbocycles. The first-order chi connectivity index (χ1) is 12.5. The van der Waals surface area contributed by atoms with Crippen LogP contribution in [0.25, 0.3) is 0 Å². The summed E-state index contributed by atoms with van der Waals surface area (Å²) in [7, 11) is 1.36. The molecule has 1 aliphatic rings. The average Bonchev–Trinajstić information content (AvgIpc) is 2.63. The fraction of sp³-hybridized carbons (Fsp3) is 0.158. The number of halogens is 2. The van der Waals surface area contributed by atoms with Crippen molar-refractivity contribution in [2.75, 3.05) is 12.4 Å². The van der Waals surface area contributed by atoms with E-state index in [0.29, 0.717) is 22.3 Å². The predicted octanol–water partition coefficient (Wildman–Crippen LogP) is 4.66. The zero-order valence-corrected chi connectivity index (χ0v) is 16.6. The molecular weight excluding hydrogens is 418 g/mol. The Morgan fingerprint density at radius 1 is 1.19 bits per heavy atom. The Morgan fingerprint density at radius 2 is 1.85 bits per heavy atom. The summed E-state index contributed by atoms with van der Waals surface area (Å²) in [6.07, 6.45) is 0. The third kappa shape index (κ3) is 4.08. The van der Waals surface area contributed by atoms with Gasteiger partial charge in [-0.15, -0.1) is 0 Å². The highest BCUT2D eigenvalue weighted by molar-refractivity contribution is 9.10. The lowest BCUT2D eigenvalue weighted by Gasteiger charge is -2.26. The number of hydrogen-bond donors (Lipinski definition) is 2. The molecule has 0 amide bonds. The van der Waals surface area contributed by atoms with E-state index in [0.717, 1.165) is 15.7 Å². The highest BCUT2D eigenvalue weighted by atomic mass is 79.9. The lowest BCUT2D eigenvalue weighted by atomic mass is 9.96. The van der Waals surface area contributed by atoms with Crippen LogP contribution in [-0.2, 0) is 9.53 Å². The van der Waals surface area contributed by atoms with Gasteiger partial charge >= 0.3 is 5.97 Å². The molecule has 0 bridgehead atoms. The van der Waals surface area contributed by atoms with Crippen LogP contribution in [0.15, 0.2) is 69.3 Å². The van der Waals surface area contributed by atoms with E-state index in [1.165, 1.54) is 7.11 Å². The largest absolute Gasteiger partial charge is 0.466 e. The second-order valence-corrected chi connectivity index (χ2v) is 7.07. The highest BCUT2D eigenvalue weighted by Gasteiger charge is 2.30. The Balaban J connectivity index is 1.96. The van der Waals surface area contributed by atoms with Crippen molar-refractivity contribution in [1.82, 2.24) is 5.32 Å². The molecular formula is C19H17BrClN3O2. The lowest BCUT2D eigenvalue weighted by molar-refractivity contribution is -0.136. The van der Waals surface area contributed by atoms with Gasteiger partial charge in [-0.05, 0) is 48.9 Å². The number of carbonyl (C=O) groups excluding carboxylic acids is 1. The SMILES string of the molecule is COC(=O)C1=C(C)NC(Nc2ccc(Br)cc2)=NC1c1ccc(Cl)cc1. The molecule has 5 nitrogen and oxygen atoms in total. The van der Waals surface area contributed by atoms with Gasteiger partial charge in [-0.2, -0.15) is 0 Å². The number of nitrogens with zero attached hydrogens (tertiary/aromatic N) is 1. The first kappa shape index (κ1) is 18.5. The molecule has 0 aliphatic carbocycles. The van der Waals surface area contributed by atoms with Crippen molar-refractivity contribution in [3.8, 4) is 0 Å². The van der Waals surface area contributed by atoms with Gasteiger partial charge in [0.1, 0.15) is 6.04 Å². The molecule has 1 aliphatic heterocycles. The number of esters is 1. The molecule has 1 atom stereocenters. The number of hydrogen-bond acceptors (Lipinski definition) is 5. The smallest absolute Gasteiger partial charge is 0.338 e. The summed E-state index contributed by atoms with van der Waals surface area (Å²) < 4.78 is 5.93. The quantitative estimate of drug-likeness (QED) is 0.690. The zero-order chi connectivity index (χ0) is 18.7. The monoisotopic (exact) mass is 433 g/mol. The minimum atomic E-state index is -0.487. The van der Waals surface area contributed by atoms with Gasteiger partial charge in [-0.25, -0.2) is 9.79 Å². The number of rotatable bonds is 3. The van der Waals surface area contributed by atoms with Gasteiger partial charge in [-0.3, -0.25) is 0 Å². The standard InChI is InChI=1S/C19H17BrClN3O2/c1-11-16(18(25)26-2)17(12-3-7-14(21)8-4-12)24-19(22-11)23-15-9-5-13(20)6-10-15/h3-10,17H,1-2H3,(H2,22,23,24). The molecule has 0 saturated carbocycles. The molecule has 0 radical (unpaired) electrons. The van der Waals surface area contributed by atoms with Crippen LogP contribution < -0.4 is 10.6 Å². The molecule has 0 spiro atoms. The lowest BCUT2D eigenvalue weighted by Crippen LogP contribution is -2.36. The number of allylic oxidation sites excluding steroid dienone is 1. The first-order valence-electron chi connectivity index (χ1n) is 7.90. The number of benzene rings is 2. The van der Waals surface area contributed by atoms with Gasteiger partial charge < -0.3 is 15.4 Å². The predicted molar refractivity (Wildman–Crippen MR) is 107 cm³/mol. The maximum atomic E-state index is 12.3. The van der Waals surface area contributed by atoms with Crippen LogP contribution in [0, 0.1) is 0 Å². The van der Waals surface area contributed by atoms with Crippen molar-refractivity contribution in [3.63, 3.8) is 0 Å². The van der Waals surface area contributed by atoms with Crippen LogP contribution in [0.4, 0.5) is 5.69 Å². The van der Waals surface area contributed by atoms with Crippen molar-refractivity contribution in [2.45, 2.75) is 13.0 Å². The van der Waals surface area contributed by atoms with E-state index < -0.39 is 12.0 Å². The molecule has 2 N–H and O–H groups in total. The summed E-state index contributed by atoms with van der Waals surface area (Å²) in [5, 5.41) is 6.99. The van der Waals surface area contributed by atoms with Crippen molar-refractivity contribution >= 4 is 45.1 Å². The van der Waals surface area contributed by atoms with Gasteiger partial charge in [0.25, 0.3) is 0 Å². The third-order valence-corrected chi connectivity index (χ3v) is 4.72. The molecule has 134 valence electrons. The third-order valence-electron chi connectivity index (χ3n) is 3.94. The molecule has 2 aromatic rings. The summed E-state index contributed by atoms with van der Waals surface area (Å²) in [5.41, 5.74) is 2.89. The van der Waals surface area contributed by atoms with Gasteiger partial charge in [0.15, 0.2) is 0 Å². The minimum Gasteiger partial charge on any atom is -0.466 e. The van der Waals surface area contributed by atoms with Crippen LogP contribution in [0.5, 0.6) is 0 Å². The van der Waals surface area contributed by atoms with E-state index in [1.54, 1.807) is 12.1 Å². The number of ether oxygens (including phenoxy) is 1. The van der Waals surface area contributed by atoms with E-state index in [4.69, 9.17) is 16.3 Å². The van der Waals surface area contributed by atoms with E-state index in [1.807, 2.05) is 43.3 Å². The number of anilines is 1. The highest BCUT2D eigenvalue weighted by Crippen LogP contribution is 2.32. The molecule has 1 unspecified atom stereocenters. The Bertz CT molecular complexity index is 877. The van der Waals surface area contributed by atoms with Crippen LogP contribution in [0.1, 0.15) is 18.5 Å². The topological polar surface area (TPSA) is 62.7 Å². The molecule has 1 heterocycles. The zero-order valence-electron chi connectivity index (χ0n) is 14.2. The summed E-state index contributed by atoms with van der Waals surface area (Å²) in [6.45, 7) is 1.83. The van der Waals surface area contributed by atoms with Crippen molar-refractivity contribution < 1.29 is 9.53 Å². The molecule has 0 saturated heterocycles. The fourth-order valence-corrected chi connectivity index (χ4v) is 3.06. The van der Waals surface area contributed by atoms with Gasteiger partial charge in [0, 0.05) is 20.9 Å². The number of aliphatic imine (C=N–C) groups is 1. The van der Waals surface area contributed by atoms with Crippen LogP contribution in [0.3, 0.4) is 0 Å². The van der Waals surface area contributed by atoms with Gasteiger partial charge in [-0.1, -0.05) is 39.7 Å². The van der Waals surface area contributed by atoms with Crippen molar-refractivity contribution in [1.29, 1.82) is 0 Å². The first-order valence-corrected chi connectivity index (χ1v) is 9.07. The minimum absolute atomic E-state index is 0.415. The van der Waals surface area contributed by atoms with Crippen LogP contribution >= 0.6 is 27.5 Å². The Hall–Kier alpha value is -2.31. The van der Waals surface area contributed by atoms with Crippen molar-refractivity contribution in [2.24, 2.45) is 4.99 Å². The molecule has 0 aromatic heterocycles. The second kappa shape index (κ2) is 7.93. The summed E-state index contributed by atoms with van der Waals surface area (Å²) >= 11 is 9.40. The second-order valence-electron chi connectivity index (χ2n) is 5.72. The van der Waals surface area contributed by atoms with Crippen LogP contribution in [-0.4, -0.2) is 19.0 Å². The van der Waals surface area contributed by atoms with E-state index in [9.17, 15) is 4.79 Å². The Kier molecular flexibility index (Phi) is 5.64. The average molecular weight is 435 g/mol. The van der Waals surface area contributed by atoms with Gasteiger partial charge in [0.2, 0.25) is 5.96 Å². The Labute approximate surface area is 165 Å². The van der Waals surface area contributed by atoms with E-state index in [2.05, 4.69) is 31.6 Å². The Morgan fingerprint density at radius 3 is 2.46 bits per heavy atom. The fourth-order valence-electron chi connectivity index (χ4n) is 2.67. The maximum Gasteiger partial charge on any atom is 0.338 e. The van der Waals surface area contributed by atoms with Gasteiger partial charge in [0.05, 0.1) is 12.7 Å². The molecule has 0 fully saturated rings. The number of nitrogens with one attached hydrogen (secondary N) is 2. The van der Waals surface area contributed by atoms with Crippen LogP contribution in [0.2, 0.25) is 5.02 Å². The maximum absolute atomic E-state index is 12.3. The summed E-state index contributed by atoms with van der Waals surface area (Å²) in [6, 6.07) is 14.5. The number of guanidine groups is 1. The van der Waals surface area contributed by atoms with Crippen molar-refractivity contribution in [3.05, 3.63) is 74.9 Å². The molecule has 7 heteroatoms.